The van der Waals surface area contributed by atoms with Crippen LogP contribution in [0.25, 0.3) is 0 Å². The van der Waals surface area contributed by atoms with Gasteiger partial charge in [-0.15, -0.1) is 0 Å². The molecule has 1 aromatic heterocycles. The fraction of sp³-hybridized carbons (Fsp3) is 0.545. The summed E-state index contributed by atoms with van der Waals surface area (Å²) in [6.07, 6.45) is 4.35. The van der Waals surface area contributed by atoms with Gasteiger partial charge in [0.2, 0.25) is 0 Å². The van der Waals surface area contributed by atoms with Crippen molar-refractivity contribution in [3.8, 4) is 0 Å². The third-order valence-electron chi connectivity index (χ3n) is 2.15. The number of methoxy groups -OCH3 is 1. The van der Waals surface area contributed by atoms with E-state index in [4.69, 9.17) is 21.4 Å². The van der Waals surface area contributed by atoms with E-state index in [2.05, 4.69) is 5.32 Å². The Labute approximate surface area is 102 Å². The summed E-state index contributed by atoms with van der Waals surface area (Å²) in [5.74, 6) is 0. The van der Waals surface area contributed by atoms with Crippen molar-refractivity contribution in [3.05, 3.63) is 24.2 Å². The van der Waals surface area contributed by atoms with Crippen LogP contribution < -0.4 is 5.32 Å². The van der Waals surface area contributed by atoms with E-state index in [9.17, 15) is 0 Å². The molecule has 0 saturated carbocycles. The summed E-state index contributed by atoms with van der Waals surface area (Å²) in [5, 5.41) is 3.92. The lowest BCUT2D eigenvalue weighted by Crippen LogP contribution is -2.37. The highest BCUT2D eigenvalue weighted by atomic mass is 32.1. The minimum Gasteiger partial charge on any atom is -0.472 e. The molecule has 0 radical (unpaired) electrons. The first kappa shape index (κ1) is 13.0. The molecule has 0 saturated heterocycles. The Hall–Kier alpha value is -1.07. The van der Waals surface area contributed by atoms with E-state index in [1.54, 1.807) is 19.6 Å². The molecule has 0 atom stereocenters. The fourth-order valence-corrected chi connectivity index (χ4v) is 1.44. The zero-order valence-corrected chi connectivity index (χ0v) is 10.5. The van der Waals surface area contributed by atoms with Gasteiger partial charge in [-0.3, -0.25) is 0 Å². The summed E-state index contributed by atoms with van der Waals surface area (Å²) in [6, 6.07) is 1.93. The normalized spacial score (nSPS) is 10.1. The molecule has 1 rings (SSSR count). The van der Waals surface area contributed by atoms with Crippen LogP contribution in [0.2, 0.25) is 0 Å². The number of thiocarbonyl (C=S) groups is 1. The first-order chi connectivity index (χ1) is 7.74. The van der Waals surface area contributed by atoms with Crippen LogP contribution in [0.15, 0.2) is 23.0 Å². The van der Waals surface area contributed by atoms with Gasteiger partial charge in [-0.25, -0.2) is 0 Å². The third-order valence-corrected chi connectivity index (χ3v) is 2.60. The predicted molar refractivity (Wildman–Crippen MR) is 67.3 cm³/mol. The largest absolute Gasteiger partial charge is 0.472 e. The Morgan fingerprint density at radius 1 is 1.62 bits per heavy atom. The van der Waals surface area contributed by atoms with Crippen molar-refractivity contribution in [1.82, 2.24) is 10.2 Å². The zero-order chi connectivity index (χ0) is 11.8. The van der Waals surface area contributed by atoms with E-state index >= 15 is 0 Å². The van der Waals surface area contributed by atoms with Gasteiger partial charge in [-0.1, -0.05) is 0 Å². The highest BCUT2D eigenvalue weighted by Crippen LogP contribution is 2.03. The molecule has 1 heterocycles. The van der Waals surface area contributed by atoms with Gasteiger partial charge in [0.1, 0.15) is 0 Å². The second-order valence-electron chi connectivity index (χ2n) is 3.57. The predicted octanol–water partition coefficient (Wildman–Crippen LogP) is 1.62. The van der Waals surface area contributed by atoms with E-state index in [-0.39, 0.29) is 0 Å². The average Bonchev–Trinajstić information content (AvgIpc) is 2.76. The lowest BCUT2D eigenvalue weighted by atomic mass is 10.3. The second kappa shape index (κ2) is 7.24. The Bertz CT molecular complexity index is 301. The van der Waals surface area contributed by atoms with E-state index in [0.29, 0.717) is 0 Å². The Morgan fingerprint density at radius 2 is 2.44 bits per heavy atom. The van der Waals surface area contributed by atoms with E-state index in [0.717, 1.165) is 36.8 Å². The van der Waals surface area contributed by atoms with Crippen molar-refractivity contribution in [2.24, 2.45) is 0 Å². The van der Waals surface area contributed by atoms with Crippen LogP contribution in [0.5, 0.6) is 0 Å². The topological polar surface area (TPSA) is 37.6 Å². The molecule has 1 N–H and O–H groups in total. The number of nitrogens with one attached hydrogen (secondary N) is 1. The van der Waals surface area contributed by atoms with Crippen molar-refractivity contribution < 1.29 is 9.15 Å². The zero-order valence-electron chi connectivity index (χ0n) is 9.73. The third kappa shape index (κ3) is 4.63. The van der Waals surface area contributed by atoms with Gasteiger partial charge in [-0.2, -0.15) is 0 Å². The van der Waals surface area contributed by atoms with Gasteiger partial charge in [-0.05, 0) is 24.7 Å². The van der Waals surface area contributed by atoms with Crippen LogP contribution in [0.1, 0.15) is 12.0 Å². The minimum atomic E-state index is 0.748. The Balaban J connectivity index is 2.20. The Morgan fingerprint density at radius 3 is 3.06 bits per heavy atom. The van der Waals surface area contributed by atoms with E-state index < -0.39 is 0 Å². The van der Waals surface area contributed by atoms with Gasteiger partial charge >= 0.3 is 0 Å². The SMILES string of the molecule is COCCCNC(=S)N(C)Cc1ccoc1. The molecular formula is C11H18N2O2S. The first-order valence-electron chi connectivity index (χ1n) is 5.23. The standard InChI is InChI=1S/C11H18N2O2S/c1-13(8-10-4-7-15-9-10)11(16)12-5-3-6-14-2/h4,7,9H,3,5-6,8H2,1-2H3,(H,12,16). The maximum atomic E-state index is 5.24. The van der Waals surface area contributed by atoms with Crippen LogP contribution in [-0.2, 0) is 11.3 Å². The molecule has 0 amide bonds. The summed E-state index contributed by atoms with van der Waals surface area (Å²) >= 11 is 5.24. The van der Waals surface area contributed by atoms with Gasteiger partial charge in [0.15, 0.2) is 5.11 Å². The number of hydrogen-bond donors (Lipinski definition) is 1. The monoisotopic (exact) mass is 242 g/mol. The fourth-order valence-electron chi connectivity index (χ4n) is 1.28. The van der Waals surface area contributed by atoms with Crippen molar-refractivity contribution in [2.75, 3.05) is 27.3 Å². The number of furan rings is 1. The van der Waals surface area contributed by atoms with Gasteiger partial charge < -0.3 is 19.4 Å². The van der Waals surface area contributed by atoms with E-state index in [1.807, 2.05) is 18.0 Å². The summed E-state index contributed by atoms with van der Waals surface area (Å²) in [7, 11) is 3.65. The van der Waals surface area contributed by atoms with Gasteiger partial charge in [0.05, 0.1) is 12.5 Å². The van der Waals surface area contributed by atoms with Gasteiger partial charge in [0, 0.05) is 39.4 Å². The van der Waals surface area contributed by atoms with Crippen LogP contribution >= 0.6 is 12.2 Å². The maximum absolute atomic E-state index is 5.24. The number of nitrogens with zero attached hydrogens (tertiary/aromatic N) is 1. The second-order valence-corrected chi connectivity index (χ2v) is 3.95. The lowest BCUT2D eigenvalue weighted by molar-refractivity contribution is 0.195. The van der Waals surface area contributed by atoms with Crippen molar-refractivity contribution in [3.63, 3.8) is 0 Å². The molecule has 0 spiro atoms. The molecule has 1 aromatic rings. The molecule has 0 fully saturated rings. The highest BCUT2D eigenvalue weighted by Gasteiger charge is 2.04. The van der Waals surface area contributed by atoms with Crippen molar-refractivity contribution in [1.29, 1.82) is 0 Å². The number of rotatable bonds is 6. The molecule has 16 heavy (non-hydrogen) atoms. The smallest absolute Gasteiger partial charge is 0.168 e. The minimum absolute atomic E-state index is 0.748. The van der Waals surface area contributed by atoms with Crippen molar-refractivity contribution >= 4 is 17.3 Å². The first-order valence-corrected chi connectivity index (χ1v) is 5.64. The van der Waals surface area contributed by atoms with Crippen LogP contribution in [-0.4, -0.2) is 37.3 Å². The van der Waals surface area contributed by atoms with Crippen LogP contribution in [0.4, 0.5) is 0 Å². The molecule has 0 unspecified atom stereocenters. The number of hydrogen-bond acceptors (Lipinski definition) is 3. The summed E-state index contributed by atoms with van der Waals surface area (Å²) in [6.45, 7) is 2.34. The molecule has 0 aliphatic carbocycles. The summed E-state index contributed by atoms with van der Waals surface area (Å²) in [5.41, 5.74) is 1.11. The Kier molecular flexibility index (Phi) is 5.88. The summed E-state index contributed by atoms with van der Waals surface area (Å²) in [4.78, 5) is 1.98. The van der Waals surface area contributed by atoms with Crippen LogP contribution in [0, 0.1) is 0 Å². The van der Waals surface area contributed by atoms with Crippen molar-refractivity contribution in [2.45, 2.75) is 13.0 Å². The quantitative estimate of drug-likeness (QED) is 0.606. The van der Waals surface area contributed by atoms with Gasteiger partial charge in [0.25, 0.3) is 0 Å². The molecule has 4 nitrogen and oxygen atoms in total. The van der Waals surface area contributed by atoms with E-state index in [1.165, 1.54) is 0 Å². The van der Waals surface area contributed by atoms with Crippen LogP contribution in [0.3, 0.4) is 0 Å². The summed E-state index contributed by atoms with van der Waals surface area (Å²) < 4.78 is 9.96. The maximum Gasteiger partial charge on any atom is 0.168 e. The number of ether oxygens (including phenoxy) is 1. The average molecular weight is 242 g/mol. The molecule has 0 aliphatic heterocycles. The molecule has 90 valence electrons. The molecule has 5 heteroatoms. The molecule has 0 bridgehead atoms. The highest BCUT2D eigenvalue weighted by molar-refractivity contribution is 7.80. The lowest BCUT2D eigenvalue weighted by Gasteiger charge is -2.20. The molecular weight excluding hydrogens is 224 g/mol. The molecule has 0 aliphatic rings. The molecule has 0 aromatic carbocycles.